The summed E-state index contributed by atoms with van der Waals surface area (Å²) < 4.78 is 27.6. The number of fused-ring (bicyclic) bond motifs is 1. The van der Waals surface area contributed by atoms with Gasteiger partial charge in [-0.25, -0.2) is 8.42 Å². The third kappa shape index (κ3) is 2.54. The molecule has 1 aliphatic heterocycles. The monoisotopic (exact) mass is 305 g/mol. The second-order valence-corrected chi connectivity index (χ2v) is 7.21. The molecule has 0 aliphatic carbocycles. The molecule has 112 valence electrons. The van der Waals surface area contributed by atoms with Gasteiger partial charge in [0.15, 0.2) is 0 Å². The third-order valence-electron chi connectivity index (χ3n) is 4.07. The van der Waals surface area contributed by atoms with Crippen LogP contribution in [0, 0.1) is 0 Å². The van der Waals surface area contributed by atoms with Crippen LogP contribution in [0.1, 0.15) is 19.3 Å². The van der Waals surface area contributed by atoms with Crippen LogP contribution < -0.4 is 5.73 Å². The Kier molecular flexibility index (Phi) is 3.93. The van der Waals surface area contributed by atoms with E-state index in [2.05, 4.69) is 4.98 Å². The van der Waals surface area contributed by atoms with Crippen LogP contribution in [0.5, 0.6) is 0 Å². The minimum absolute atomic E-state index is 0.0964. The molecule has 1 aromatic heterocycles. The Bertz CT molecular complexity index is 740. The number of hydrogen-bond donors (Lipinski definition) is 1. The molecule has 2 heterocycles. The first-order valence-electron chi connectivity index (χ1n) is 7.19. The second kappa shape index (κ2) is 5.71. The fraction of sp³-hybridized carbons (Fsp3) is 0.400. The summed E-state index contributed by atoms with van der Waals surface area (Å²) in [6.07, 6.45) is 6.07. The Morgan fingerprint density at radius 2 is 2.14 bits per heavy atom. The molecular weight excluding hydrogens is 286 g/mol. The average molecular weight is 305 g/mol. The normalized spacial score (nSPS) is 20.7. The molecule has 2 aromatic rings. The van der Waals surface area contributed by atoms with Crippen molar-refractivity contribution >= 4 is 20.8 Å². The van der Waals surface area contributed by atoms with E-state index in [1.54, 1.807) is 34.9 Å². The molecule has 3 rings (SSSR count). The summed E-state index contributed by atoms with van der Waals surface area (Å²) in [5.41, 5.74) is 5.76. The lowest BCUT2D eigenvalue weighted by Crippen LogP contribution is -2.47. The van der Waals surface area contributed by atoms with Crippen molar-refractivity contribution in [2.24, 2.45) is 5.73 Å². The van der Waals surface area contributed by atoms with Crippen molar-refractivity contribution in [3.05, 3.63) is 36.7 Å². The van der Waals surface area contributed by atoms with Gasteiger partial charge >= 0.3 is 0 Å². The van der Waals surface area contributed by atoms with E-state index in [1.165, 1.54) is 0 Å². The van der Waals surface area contributed by atoms with Crippen molar-refractivity contribution in [1.29, 1.82) is 0 Å². The largest absolute Gasteiger partial charge is 0.329 e. The van der Waals surface area contributed by atoms with Gasteiger partial charge in [-0.15, -0.1) is 0 Å². The van der Waals surface area contributed by atoms with Crippen LogP contribution in [0.15, 0.2) is 41.6 Å². The standard InChI is InChI=1S/C15H19N3O2S/c16-10-13-5-1-2-9-18(13)21(19,20)15-6-3-4-12-11-17-8-7-14(12)15/h3-4,6-8,11,13H,1-2,5,9-10,16H2/t13-/m1/s1. The van der Waals surface area contributed by atoms with Gasteiger partial charge in [-0.2, -0.15) is 4.31 Å². The first kappa shape index (κ1) is 14.4. The number of nitrogens with two attached hydrogens (primary N) is 1. The maximum absolute atomic E-state index is 13.0. The van der Waals surface area contributed by atoms with Crippen molar-refractivity contribution in [2.75, 3.05) is 13.1 Å². The highest BCUT2D eigenvalue weighted by atomic mass is 32.2. The molecule has 0 bridgehead atoms. The Hall–Kier alpha value is -1.50. The molecule has 5 nitrogen and oxygen atoms in total. The van der Waals surface area contributed by atoms with Gasteiger partial charge in [0.25, 0.3) is 0 Å². The summed E-state index contributed by atoms with van der Waals surface area (Å²) in [6.45, 7) is 0.914. The van der Waals surface area contributed by atoms with Crippen LogP contribution in [-0.4, -0.2) is 36.8 Å². The van der Waals surface area contributed by atoms with Gasteiger partial charge in [-0.3, -0.25) is 4.98 Å². The van der Waals surface area contributed by atoms with Crippen molar-refractivity contribution in [3.63, 3.8) is 0 Å². The summed E-state index contributed by atoms with van der Waals surface area (Å²) >= 11 is 0. The molecule has 1 atom stereocenters. The molecule has 0 unspecified atom stereocenters. The quantitative estimate of drug-likeness (QED) is 0.937. The zero-order valence-corrected chi connectivity index (χ0v) is 12.6. The van der Waals surface area contributed by atoms with Gasteiger partial charge in [-0.05, 0) is 25.0 Å². The van der Waals surface area contributed by atoms with Crippen LogP contribution in [0.25, 0.3) is 10.8 Å². The molecule has 0 saturated carbocycles. The van der Waals surface area contributed by atoms with Gasteiger partial charge in [0.05, 0.1) is 4.90 Å². The smallest absolute Gasteiger partial charge is 0.243 e. The highest BCUT2D eigenvalue weighted by Gasteiger charge is 2.33. The summed E-state index contributed by atoms with van der Waals surface area (Å²) in [7, 11) is -3.52. The Morgan fingerprint density at radius 3 is 2.95 bits per heavy atom. The van der Waals surface area contributed by atoms with E-state index in [1.807, 2.05) is 6.07 Å². The molecule has 0 amide bonds. The number of sulfonamides is 1. The van der Waals surface area contributed by atoms with Crippen LogP contribution in [-0.2, 0) is 10.0 Å². The molecule has 0 spiro atoms. The lowest BCUT2D eigenvalue weighted by Gasteiger charge is -2.34. The SMILES string of the molecule is NC[C@H]1CCCCN1S(=O)(=O)c1cccc2cnccc12. The predicted octanol–water partition coefficient (Wildman–Crippen LogP) is 1.74. The number of piperidine rings is 1. The summed E-state index contributed by atoms with van der Waals surface area (Å²) in [5, 5.41) is 1.55. The fourth-order valence-corrected chi connectivity index (χ4v) is 4.89. The minimum atomic E-state index is -3.52. The van der Waals surface area contributed by atoms with E-state index in [4.69, 9.17) is 5.73 Å². The van der Waals surface area contributed by atoms with Crippen molar-refractivity contribution < 1.29 is 8.42 Å². The first-order valence-corrected chi connectivity index (χ1v) is 8.63. The van der Waals surface area contributed by atoms with Crippen LogP contribution >= 0.6 is 0 Å². The van der Waals surface area contributed by atoms with Crippen LogP contribution in [0.3, 0.4) is 0 Å². The van der Waals surface area contributed by atoms with Crippen molar-refractivity contribution in [1.82, 2.24) is 9.29 Å². The third-order valence-corrected chi connectivity index (χ3v) is 6.08. The van der Waals surface area contributed by atoms with E-state index in [0.717, 1.165) is 24.6 Å². The van der Waals surface area contributed by atoms with E-state index >= 15 is 0 Å². The second-order valence-electron chi connectivity index (χ2n) is 5.35. The number of pyridine rings is 1. The van der Waals surface area contributed by atoms with Crippen LogP contribution in [0.2, 0.25) is 0 Å². The van der Waals surface area contributed by atoms with Gasteiger partial charge in [0.2, 0.25) is 10.0 Å². The zero-order chi connectivity index (χ0) is 14.9. The van der Waals surface area contributed by atoms with Crippen LogP contribution in [0.4, 0.5) is 0 Å². The van der Waals surface area contributed by atoms with E-state index in [0.29, 0.717) is 23.4 Å². The maximum atomic E-state index is 13.0. The molecule has 2 N–H and O–H groups in total. The molecule has 0 radical (unpaired) electrons. The molecule has 21 heavy (non-hydrogen) atoms. The van der Waals surface area contributed by atoms with E-state index < -0.39 is 10.0 Å². The fourth-order valence-electron chi connectivity index (χ4n) is 2.97. The molecule has 1 aromatic carbocycles. The first-order chi connectivity index (χ1) is 10.1. The number of benzene rings is 1. The topological polar surface area (TPSA) is 76.3 Å². The van der Waals surface area contributed by atoms with Crippen molar-refractivity contribution in [3.8, 4) is 0 Å². The average Bonchev–Trinajstić information content (AvgIpc) is 2.54. The Morgan fingerprint density at radius 1 is 1.29 bits per heavy atom. The van der Waals surface area contributed by atoms with Gasteiger partial charge in [0, 0.05) is 42.3 Å². The Balaban J connectivity index is 2.12. The number of hydrogen-bond acceptors (Lipinski definition) is 4. The molecule has 1 aliphatic rings. The lowest BCUT2D eigenvalue weighted by molar-refractivity contribution is 0.258. The van der Waals surface area contributed by atoms with E-state index in [-0.39, 0.29) is 6.04 Å². The van der Waals surface area contributed by atoms with Gasteiger partial charge in [0.1, 0.15) is 0 Å². The van der Waals surface area contributed by atoms with Gasteiger partial charge < -0.3 is 5.73 Å². The maximum Gasteiger partial charge on any atom is 0.243 e. The predicted molar refractivity (Wildman–Crippen MR) is 82.3 cm³/mol. The number of nitrogens with zero attached hydrogens (tertiary/aromatic N) is 2. The lowest BCUT2D eigenvalue weighted by atomic mass is 10.1. The summed E-state index contributed by atoms with van der Waals surface area (Å²) in [5.74, 6) is 0. The highest BCUT2D eigenvalue weighted by molar-refractivity contribution is 7.89. The van der Waals surface area contributed by atoms with Crippen molar-refractivity contribution in [2.45, 2.75) is 30.2 Å². The minimum Gasteiger partial charge on any atom is -0.329 e. The summed E-state index contributed by atoms with van der Waals surface area (Å²) in [6, 6.07) is 6.96. The molecule has 6 heteroatoms. The zero-order valence-electron chi connectivity index (χ0n) is 11.8. The molecule has 1 fully saturated rings. The van der Waals surface area contributed by atoms with E-state index in [9.17, 15) is 8.42 Å². The number of rotatable bonds is 3. The number of aromatic nitrogens is 1. The highest BCUT2D eigenvalue weighted by Crippen LogP contribution is 2.29. The molecule has 1 saturated heterocycles. The Labute approximate surface area is 124 Å². The summed E-state index contributed by atoms with van der Waals surface area (Å²) in [4.78, 5) is 4.40. The van der Waals surface area contributed by atoms with Gasteiger partial charge in [-0.1, -0.05) is 18.6 Å². The molecular formula is C15H19N3O2S.